The molecule has 0 unspecified atom stereocenters. The maximum absolute atomic E-state index is 12.1. The number of nitrogens with one attached hydrogen (secondary N) is 1. The molecule has 0 atom stereocenters. The average molecular weight is 295 g/mol. The maximum Gasteiger partial charge on any atom is 0.336 e. The Kier molecular flexibility index (Phi) is 3.49. The van der Waals surface area contributed by atoms with E-state index in [4.69, 9.17) is 5.11 Å². The van der Waals surface area contributed by atoms with Crippen LogP contribution in [0.3, 0.4) is 0 Å². The summed E-state index contributed by atoms with van der Waals surface area (Å²) in [6.45, 7) is 1.54. The second kappa shape index (κ2) is 4.97. The topological polar surface area (TPSA) is 101 Å². The van der Waals surface area contributed by atoms with Gasteiger partial charge in [0.15, 0.2) is 5.03 Å². The fraction of sp³-hybridized carbons (Fsp3) is 0.167. The summed E-state index contributed by atoms with van der Waals surface area (Å²) in [4.78, 5) is 14.8. The minimum atomic E-state index is -3.83. The Morgan fingerprint density at radius 2 is 2.10 bits per heavy atom. The molecule has 0 amide bonds. The van der Waals surface area contributed by atoms with Gasteiger partial charge in [0.2, 0.25) is 0 Å². The van der Waals surface area contributed by atoms with Crippen LogP contribution in [0.1, 0.15) is 15.9 Å². The van der Waals surface area contributed by atoms with Crippen molar-refractivity contribution in [3.05, 3.63) is 41.9 Å². The lowest BCUT2D eigenvalue weighted by atomic mass is 10.1. The molecule has 2 rings (SSSR count). The first-order valence-electron chi connectivity index (χ1n) is 5.65. The van der Waals surface area contributed by atoms with E-state index in [2.05, 4.69) is 9.71 Å². The normalized spacial score (nSPS) is 11.3. The van der Waals surface area contributed by atoms with Crippen LogP contribution in [0.15, 0.2) is 35.7 Å². The fourth-order valence-electron chi connectivity index (χ4n) is 1.70. The summed E-state index contributed by atoms with van der Waals surface area (Å²) in [5.74, 6) is -1.11. The van der Waals surface area contributed by atoms with E-state index in [0.717, 1.165) is 0 Å². The van der Waals surface area contributed by atoms with Crippen LogP contribution in [0, 0.1) is 6.92 Å². The number of imidazole rings is 1. The zero-order valence-corrected chi connectivity index (χ0v) is 11.7. The van der Waals surface area contributed by atoms with Gasteiger partial charge >= 0.3 is 5.97 Å². The highest BCUT2D eigenvalue weighted by Crippen LogP contribution is 2.21. The van der Waals surface area contributed by atoms with Crippen molar-refractivity contribution in [3.8, 4) is 0 Å². The number of carboxylic acids is 1. The third-order valence-electron chi connectivity index (χ3n) is 2.77. The van der Waals surface area contributed by atoms with E-state index in [0.29, 0.717) is 5.56 Å². The molecule has 20 heavy (non-hydrogen) atoms. The van der Waals surface area contributed by atoms with Gasteiger partial charge in [-0.2, -0.15) is 8.42 Å². The van der Waals surface area contributed by atoms with Gasteiger partial charge in [-0.3, -0.25) is 4.72 Å². The number of benzene rings is 1. The van der Waals surface area contributed by atoms with Gasteiger partial charge < -0.3 is 9.67 Å². The lowest BCUT2D eigenvalue weighted by Crippen LogP contribution is -2.15. The first-order chi connectivity index (χ1) is 9.31. The number of aromatic nitrogens is 2. The molecular weight excluding hydrogens is 282 g/mol. The lowest BCUT2D eigenvalue weighted by Gasteiger charge is -2.10. The van der Waals surface area contributed by atoms with Crippen LogP contribution in [0.25, 0.3) is 0 Å². The molecule has 7 nitrogen and oxygen atoms in total. The molecule has 8 heteroatoms. The highest BCUT2D eigenvalue weighted by Gasteiger charge is 2.19. The van der Waals surface area contributed by atoms with Gasteiger partial charge in [-0.15, -0.1) is 0 Å². The number of nitrogens with zero attached hydrogens (tertiary/aromatic N) is 2. The highest BCUT2D eigenvalue weighted by atomic mass is 32.2. The summed E-state index contributed by atoms with van der Waals surface area (Å²) in [6, 6.07) is 4.39. The molecule has 0 saturated heterocycles. The number of carbonyl (C=O) groups is 1. The SMILES string of the molecule is Cc1c(NS(=O)(=O)c2cn(C)cn2)cccc1C(=O)O. The van der Waals surface area contributed by atoms with Gasteiger partial charge in [0.05, 0.1) is 17.6 Å². The second-order valence-electron chi connectivity index (χ2n) is 4.27. The molecule has 0 fully saturated rings. The molecule has 106 valence electrons. The van der Waals surface area contributed by atoms with E-state index in [1.807, 2.05) is 0 Å². The maximum atomic E-state index is 12.1. The molecule has 0 spiro atoms. The second-order valence-corrected chi connectivity index (χ2v) is 5.90. The van der Waals surface area contributed by atoms with Crippen molar-refractivity contribution in [3.63, 3.8) is 0 Å². The van der Waals surface area contributed by atoms with Gasteiger partial charge in [0.25, 0.3) is 10.0 Å². The number of anilines is 1. The number of hydrogen-bond donors (Lipinski definition) is 2. The van der Waals surface area contributed by atoms with Crippen molar-refractivity contribution >= 4 is 21.7 Å². The van der Waals surface area contributed by atoms with Crippen molar-refractivity contribution in [2.45, 2.75) is 11.9 Å². The summed E-state index contributed by atoms with van der Waals surface area (Å²) in [5.41, 5.74) is 0.612. The van der Waals surface area contributed by atoms with Gasteiger partial charge in [0, 0.05) is 13.2 Å². The number of sulfonamides is 1. The van der Waals surface area contributed by atoms with E-state index < -0.39 is 16.0 Å². The van der Waals surface area contributed by atoms with Gasteiger partial charge in [-0.05, 0) is 24.6 Å². The van der Waals surface area contributed by atoms with Gasteiger partial charge in [0.1, 0.15) is 0 Å². The Balaban J connectivity index is 2.40. The molecule has 2 aromatic rings. The lowest BCUT2D eigenvalue weighted by molar-refractivity contribution is 0.0696. The summed E-state index contributed by atoms with van der Waals surface area (Å²) in [5, 5.41) is 8.89. The van der Waals surface area contributed by atoms with Crippen LogP contribution in [-0.4, -0.2) is 29.0 Å². The van der Waals surface area contributed by atoms with Crippen LogP contribution in [0.4, 0.5) is 5.69 Å². The number of aromatic carboxylic acids is 1. The first kappa shape index (κ1) is 14.1. The molecule has 1 heterocycles. The minimum Gasteiger partial charge on any atom is -0.478 e. The summed E-state index contributed by atoms with van der Waals surface area (Å²) < 4.78 is 28.1. The standard InChI is InChI=1S/C12H13N3O4S/c1-8-9(12(16)17)4-3-5-10(8)14-20(18,19)11-6-15(2)7-13-11/h3-7,14H,1-2H3,(H,16,17). The Morgan fingerprint density at radius 1 is 1.40 bits per heavy atom. The van der Waals surface area contributed by atoms with Crippen LogP contribution in [0.2, 0.25) is 0 Å². The van der Waals surface area contributed by atoms with E-state index >= 15 is 0 Å². The molecule has 0 aliphatic carbocycles. The van der Waals surface area contributed by atoms with E-state index in [1.54, 1.807) is 14.0 Å². The molecule has 2 N–H and O–H groups in total. The minimum absolute atomic E-state index is 0.0474. The third kappa shape index (κ3) is 2.64. The Morgan fingerprint density at radius 3 is 2.65 bits per heavy atom. The van der Waals surface area contributed by atoms with Crippen LogP contribution >= 0.6 is 0 Å². The molecule has 0 aliphatic heterocycles. The summed E-state index contributed by atoms with van der Waals surface area (Å²) >= 11 is 0. The predicted octanol–water partition coefficient (Wildman–Crippen LogP) is 1.23. The Labute approximate surface area is 115 Å². The highest BCUT2D eigenvalue weighted by molar-refractivity contribution is 7.92. The zero-order chi connectivity index (χ0) is 14.9. The molecular formula is C12H13N3O4S. The smallest absolute Gasteiger partial charge is 0.336 e. The van der Waals surface area contributed by atoms with Crippen molar-refractivity contribution in [1.82, 2.24) is 9.55 Å². The van der Waals surface area contributed by atoms with Gasteiger partial charge in [-0.25, -0.2) is 9.78 Å². The predicted molar refractivity (Wildman–Crippen MR) is 72.2 cm³/mol. The van der Waals surface area contributed by atoms with Crippen molar-refractivity contribution < 1.29 is 18.3 Å². The van der Waals surface area contributed by atoms with E-state index in [1.165, 1.54) is 35.3 Å². The quantitative estimate of drug-likeness (QED) is 0.883. The molecule has 0 aliphatic rings. The molecule has 0 bridgehead atoms. The van der Waals surface area contributed by atoms with Crippen LogP contribution < -0.4 is 4.72 Å². The largest absolute Gasteiger partial charge is 0.478 e. The Hall–Kier alpha value is -2.35. The van der Waals surface area contributed by atoms with Crippen molar-refractivity contribution in [2.75, 3.05) is 4.72 Å². The average Bonchev–Trinajstić information content (AvgIpc) is 2.79. The number of rotatable bonds is 4. The van der Waals surface area contributed by atoms with Crippen LogP contribution in [-0.2, 0) is 17.1 Å². The van der Waals surface area contributed by atoms with Crippen molar-refractivity contribution in [1.29, 1.82) is 0 Å². The van der Waals surface area contributed by atoms with E-state index in [9.17, 15) is 13.2 Å². The monoisotopic (exact) mass is 295 g/mol. The van der Waals surface area contributed by atoms with Crippen LogP contribution in [0.5, 0.6) is 0 Å². The zero-order valence-electron chi connectivity index (χ0n) is 10.9. The Bertz CT molecular complexity index is 765. The molecule has 0 saturated carbocycles. The van der Waals surface area contributed by atoms with Crippen molar-refractivity contribution in [2.24, 2.45) is 7.05 Å². The summed E-state index contributed by atoms with van der Waals surface area (Å²) in [6.07, 6.45) is 2.73. The number of carboxylic acid groups (broad SMARTS) is 1. The summed E-state index contributed by atoms with van der Waals surface area (Å²) in [7, 11) is -2.18. The van der Waals surface area contributed by atoms with Gasteiger partial charge in [-0.1, -0.05) is 6.07 Å². The number of hydrogen-bond acceptors (Lipinski definition) is 4. The van der Waals surface area contributed by atoms with E-state index in [-0.39, 0.29) is 16.3 Å². The molecule has 0 radical (unpaired) electrons. The third-order valence-corrected chi connectivity index (χ3v) is 4.02. The fourth-order valence-corrected chi connectivity index (χ4v) is 2.81. The molecule has 1 aromatic heterocycles. The first-order valence-corrected chi connectivity index (χ1v) is 7.13. The number of aryl methyl sites for hydroxylation is 1. The molecule has 1 aromatic carbocycles.